The van der Waals surface area contributed by atoms with Gasteiger partial charge in [0, 0.05) is 5.56 Å². The van der Waals surface area contributed by atoms with Gasteiger partial charge in [-0.3, -0.25) is 0 Å². The van der Waals surface area contributed by atoms with Crippen molar-refractivity contribution in [2.75, 3.05) is 7.11 Å². The van der Waals surface area contributed by atoms with Crippen LogP contribution in [0.1, 0.15) is 30.9 Å². The molecule has 1 aromatic carbocycles. The maximum Gasteiger partial charge on any atom is 0.122 e. The molecule has 0 fully saturated rings. The first-order valence-electron chi connectivity index (χ1n) is 5.06. The van der Waals surface area contributed by atoms with Gasteiger partial charge < -0.3 is 9.84 Å². The summed E-state index contributed by atoms with van der Waals surface area (Å²) in [6.45, 7) is 4.09. The fourth-order valence-corrected chi connectivity index (χ4v) is 1.58. The Morgan fingerprint density at radius 3 is 2.64 bits per heavy atom. The van der Waals surface area contributed by atoms with Gasteiger partial charge in [0.15, 0.2) is 0 Å². The molecule has 0 aliphatic rings. The Labute approximate surface area is 85.5 Å². The highest BCUT2D eigenvalue weighted by Crippen LogP contribution is 2.29. The Morgan fingerprint density at radius 1 is 1.36 bits per heavy atom. The van der Waals surface area contributed by atoms with Crippen LogP contribution in [0.4, 0.5) is 0 Å². The van der Waals surface area contributed by atoms with Crippen molar-refractivity contribution in [3.63, 3.8) is 0 Å². The highest BCUT2D eigenvalue weighted by molar-refractivity contribution is 5.47. The number of rotatable bonds is 4. The first-order chi connectivity index (χ1) is 6.70. The smallest absolute Gasteiger partial charge is 0.122 e. The summed E-state index contributed by atoms with van der Waals surface area (Å²) in [7, 11) is 1.67. The lowest BCUT2D eigenvalue weighted by Gasteiger charge is -2.12. The third-order valence-corrected chi connectivity index (χ3v) is 2.53. The molecule has 2 heteroatoms. The fourth-order valence-electron chi connectivity index (χ4n) is 1.58. The zero-order valence-corrected chi connectivity index (χ0v) is 9.13. The average Bonchev–Trinajstić information content (AvgIpc) is 2.20. The van der Waals surface area contributed by atoms with Gasteiger partial charge in [-0.1, -0.05) is 13.3 Å². The number of hydrogen-bond acceptors (Lipinski definition) is 2. The summed E-state index contributed by atoms with van der Waals surface area (Å²) in [5.74, 6) is 1.24. The van der Waals surface area contributed by atoms with E-state index in [1.54, 1.807) is 13.2 Å². The molecule has 0 unspecified atom stereocenters. The molecule has 0 bridgehead atoms. The summed E-state index contributed by atoms with van der Waals surface area (Å²) in [6, 6.07) is 3.51. The topological polar surface area (TPSA) is 29.5 Å². The zero-order valence-electron chi connectivity index (χ0n) is 9.13. The summed E-state index contributed by atoms with van der Waals surface area (Å²) < 4.78 is 5.27. The molecule has 0 aliphatic carbocycles. The molecule has 0 radical (unpaired) electrons. The molecule has 0 saturated heterocycles. The maximum absolute atomic E-state index is 9.56. The van der Waals surface area contributed by atoms with Gasteiger partial charge in [0.05, 0.1) is 7.11 Å². The second-order valence-corrected chi connectivity index (χ2v) is 3.49. The van der Waals surface area contributed by atoms with Crippen molar-refractivity contribution in [2.24, 2.45) is 0 Å². The zero-order chi connectivity index (χ0) is 10.6. The lowest BCUT2D eigenvalue weighted by atomic mass is 10.0. The molecule has 0 atom stereocenters. The van der Waals surface area contributed by atoms with Crippen molar-refractivity contribution in [3.05, 3.63) is 23.3 Å². The Morgan fingerprint density at radius 2 is 2.07 bits per heavy atom. The quantitative estimate of drug-likeness (QED) is 0.798. The Kier molecular flexibility index (Phi) is 3.81. The van der Waals surface area contributed by atoms with E-state index >= 15 is 0 Å². The molecule has 78 valence electrons. The summed E-state index contributed by atoms with van der Waals surface area (Å²) >= 11 is 0. The highest BCUT2D eigenvalue weighted by Gasteiger charge is 2.08. The van der Waals surface area contributed by atoms with E-state index in [-0.39, 0.29) is 0 Å². The van der Waals surface area contributed by atoms with Gasteiger partial charge in [0.25, 0.3) is 0 Å². The van der Waals surface area contributed by atoms with Crippen LogP contribution in [0.25, 0.3) is 0 Å². The first kappa shape index (κ1) is 10.9. The fraction of sp³-hybridized carbons (Fsp3) is 0.500. The molecule has 0 heterocycles. The molecule has 2 nitrogen and oxygen atoms in total. The van der Waals surface area contributed by atoms with Crippen molar-refractivity contribution in [3.8, 4) is 11.5 Å². The standard InChI is InChI=1S/C12H18O2/c1-4-5-6-10-9(2)11(13)7-8-12(10)14-3/h7-8,13H,4-6H2,1-3H3. The third kappa shape index (κ3) is 2.19. The van der Waals surface area contributed by atoms with Crippen LogP contribution >= 0.6 is 0 Å². The summed E-state index contributed by atoms with van der Waals surface area (Å²) in [6.07, 6.45) is 3.25. The number of phenolic OH excluding ortho intramolecular Hbond substituents is 1. The van der Waals surface area contributed by atoms with Gasteiger partial charge in [-0.15, -0.1) is 0 Å². The average molecular weight is 194 g/mol. The van der Waals surface area contributed by atoms with Crippen LogP contribution < -0.4 is 4.74 Å². The molecule has 0 aliphatic heterocycles. The monoisotopic (exact) mass is 194 g/mol. The van der Waals surface area contributed by atoms with Crippen molar-refractivity contribution in [1.82, 2.24) is 0 Å². The van der Waals surface area contributed by atoms with Crippen LogP contribution in [0.3, 0.4) is 0 Å². The molecule has 1 rings (SSSR count). The summed E-state index contributed by atoms with van der Waals surface area (Å²) in [4.78, 5) is 0. The van der Waals surface area contributed by atoms with E-state index < -0.39 is 0 Å². The molecule has 0 amide bonds. The molecule has 1 aromatic rings. The number of aromatic hydroxyl groups is 1. The molecular formula is C12H18O2. The van der Waals surface area contributed by atoms with Crippen LogP contribution in [0.2, 0.25) is 0 Å². The van der Waals surface area contributed by atoms with E-state index in [1.807, 2.05) is 13.0 Å². The molecule has 14 heavy (non-hydrogen) atoms. The molecule has 1 N–H and O–H groups in total. The Hall–Kier alpha value is -1.18. The van der Waals surface area contributed by atoms with Gasteiger partial charge in [-0.25, -0.2) is 0 Å². The minimum absolute atomic E-state index is 0.358. The minimum atomic E-state index is 0.358. The van der Waals surface area contributed by atoms with Crippen LogP contribution in [-0.4, -0.2) is 12.2 Å². The molecule has 0 spiro atoms. The number of hydrogen-bond donors (Lipinski definition) is 1. The summed E-state index contributed by atoms with van der Waals surface area (Å²) in [5.41, 5.74) is 2.08. The van der Waals surface area contributed by atoms with E-state index in [9.17, 15) is 5.11 Å². The number of benzene rings is 1. The second kappa shape index (κ2) is 4.89. The highest BCUT2D eigenvalue weighted by atomic mass is 16.5. The van der Waals surface area contributed by atoms with E-state index in [1.165, 1.54) is 0 Å². The SMILES string of the molecule is CCCCc1c(OC)ccc(O)c1C. The number of unbranched alkanes of at least 4 members (excludes halogenated alkanes) is 1. The minimum Gasteiger partial charge on any atom is -0.508 e. The van der Waals surface area contributed by atoms with Crippen molar-refractivity contribution in [1.29, 1.82) is 0 Å². The summed E-state index contributed by atoms with van der Waals surface area (Å²) in [5, 5.41) is 9.56. The lowest BCUT2D eigenvalue weighted by Crippen LogP contribution is -1.95. The van der Waals surface area contributed by atoms with Crippen molar-refractivity contribution in [2.45, 2.75) is 33.1 Å². The molecular weight excluding hydrogens is 176 g/mol. The molecule has 0 saturated carbocycles. The van der Waals surface area contributed by atoms with Crippen molar-refractivity contribution >= 4 is 0 Å². The second-order valence-electron chi connectivity index (χ2n) is 3.49. The van der Waals surface area contributed by atoms with Gasteiger partial charge in [-0.2, -0.15) is 0 Å². The van der Waals surface area contributed by atoms with Gasteiger partial charge >= 0.3 is 0 Å². The Balaban J connectivity index is 3.01. The van der Waals surface area contributed by atoms with E-state index in [4.69, 9.17) is 4.74 Å². The predicted molar refractivity (Wildman–Crippen MR) is 58.0 cm³/mol. The van der Waals surface area contributed by atoms with Crippen molar-refractivity contribution < 1.29 is 9.84 Å². The van der Waals surface area contributed by atoms with Gasteiger partial charge in [-0.05, 0) is 37.5 Å². The van der Waals surface area contributed by atoms with E-state index in [0.717, 1.165) is 36.1 Å². The largest absolute Gasteiger partial charge is 0.508 e. The number of phenols is 1. The lowest BCUT2D eigenvalue weighted by molar-refractivity contribution is 0.405. The first-order valence-corrected chi connectivity index (χ1v) is 5.06. The Bertz CT molecular complexity index is 305. The number of ether oxygens (including phenoxy) is 1. The van der Waals surface area contributed by atoms with Crippen LogP contribution in [0, 0.1) is 6.92 Å². The van der Waals surface area contributed by atoms with Crippen LogP contribution in [-0.2, 0) is 6.42 Å². The predicted octanol–water partition coefficient (Wildman–Crippen LogP) is 3.05. The van der Waals surface area contributed by atoms with Crippen LogP contribution in [0.5, 0.6) is 11.5 Å². The molecule has 0 aromatic heterocycles. The van der Waals surface area contributed by atoms with Crippen LogP contribution in [0.15, 0.2) is 12.1 Å². The third-order valence-electron chi connectivity index (χ3n) is 2.53. The van der Waals surface area contributed by atoms with Gasteiger partial charge in [0.1, 0.15) is 11.5 Å². The van der Waals surface area contributed by atoms with E-state index in [0.29, 0.717) is 5.75 Å². The van der Waals surface area contributed by atoms with E-state index in [2.05, 4.69) is 6.92 Å². The van der Waals surface area contributed by atoms with Gasteiger partial charge in [0.2, 0.25) is 0 Å². The maximum atomic E-state index is 9.56. The normalized spacial score (nSPS) is 10.2. The number of methoxy groups -OCH3 is 1.